The summed E-state index contributed by atoms with van der Waals surface area (Å²) in [5, 5.41) is 3.33. The molecule has 1 aliphatic rings. The predicted molar refractivity (Wildman–Crippen MR) is 103 cm³/mol. The number of fused-ring (bicyclic) bond motifs is 1. The number of hydrogen-bond donors (Lipinski definition) is 1. The second-order valence-electron chi connectivity index (χ2n) is 5.97. The van der Waals surface area contributed by atoms with E-state index in [1.54, 1.807) is 0 Å². The molecule has 2 aromatic rings. The van der Waals surface area contributed by atoms with Crippen molar-refractivity contribution >= 4 is 40.0 Å². The number of benzene rings is 1. The van der Waals surface area contributed by atoms with Gasteiger partial charge in [-0.3, -0.25) is 4.79 Å². The van der Waals surface area contributed by atoms with Gasteiger partial charge in [0.1, 0.15) is 5.00 Å². The van der Waals surface area contributed by atoms with Gasteiger partial charge in [-0.1, -0.05) is 18.2 Å². The van der Waals surface area contributed by atoms with Crippen molar-refractivity contribution in [3.63, 3.8) is 0 Å². The number of nitrogens with one attached hydrogen (secondary N) is 1. The highest BCUT2D eigenvalue weighted by molar-refractivity contribution is 8.00. The lowest BCUT2D eigenvalue weighted by molar-refractivity contribution is -0.115. The normalized spacial score (nSPS) is 14.5. The number of esters is 1. The van der Waals surface area contributed by atoms with Crippen molar-refractivity contribution in [2.45, 2.75) is 42.8 Å². The number of aryl methyl sites for hydroxylation is 1. The molecule has 4 nitrogen and oxygen atoms in total. The van der Waals surface area contributed by atoms with E-state index in [2.05, 4.69) is 5.32 Å². The summed E-state index contributed by atoms with van der Waals surface area (Å²) in [4.78, 5) is 27.1. The van der Waals surface area contributed by atoms with Crippen molar-refractivity contribution in [3.8, 4) is 0 Å². The van der Waals surface area contributed by atoms with E-state index >= 15 is 0 Å². The Morgan fingerprint density at radius 2 is 1.92 bits per heavy atom. The Bertz CT molecular complexity index is 770. The van der Waals surface area contributed by atoms with Crippen molar-refractivity contribution in [2.75, 3.05) is 12.4 Å². The number of anilines is 1. The van der Waals surface area contributed by atoms with Crippen molar-refractivity contribution in [1.82, 2.24) is 0 Å². The number of thiophene rings is 1. The Labute approximate surface area is 156 Å². The molecule has 1 atom stereocenters. The number of amides is 1. The zero-order chi connectivity index (χ0) is 17.8. The zero-order valence-electron chi connectivity index (χ0n) is 14.3. The first-order chi connectivity index (χ1) is 12.1. The standard InChI is InChI=1S/C19H21NO3S2/c1-12(24-13-8-4-3-5-9-13)17(21)20-18-16(19(22)23-2)14-10-6-7-11-15(14)25-18/h3-5,8-9,12H,6-7,10-11H2,1-2H3,(H,20,21)/t12-/m0/s1. The molecule has 0 fully saturated rings. The molecule has 0 bridgehead atoms. The molecule has 0 spiro atoms. The number of carbonyl (C=O) groups is 2. The first kappa shape index (κ1) is 18.0. The summed E-state index contributed by atoms with van der Waals surface area (Å²) in [6.07, 6.45) is 4.04. The molecule has 0 saturated carbocycles. The first-order valence-electron chi connectivity index (χ1n) is 8.35. The highest BCUT2D eigenvalue weighted by Crippen LogP contribution is 2.39. The number of methoxy groups -OCH3 is 1. The summed E-state index contributed by atoms with van der Waals surface area (Å²) in [5.74, 6) is -0.462. The molecule has 1 N–H and O–H groups in total. The maximum absolute atomic E-state index is 12.6. The molecule has 1 heterocycles. The topological polar surface area (TPSA) is 55.4 Å². The molecule has 6 heteroatoms. The smallest absolute Gasteiger partial charge is 0.341 e. The van der Waals surface area contributed by atoms with E-state index < -0.39 is 0 Å². The van der Waals surface area contributed by atoms with Crippen LogP contribution in [0.15, 0.2) is 35.2 Å². The van der Waals surface area contributed by atoms with Crippen LogP contribution in [0.2, 0.25) is 0 Å². The molecule has 1 aliphatic carbocycles. The SMILES string of the molecule is COC(=O)c1c(NC(=O)[C@H](C)Sc2ccccc2)sc2c1CCCC2. The lowest BCUT2D eigenvalue weighted by atomic mass is 9.95. The van der Waals surface area contributed by atoms with Gasteiger partial charge in [0.15, 0.2) is 0 Å². The maximum Gasteiger partial charge on any atom is 0.341 e. The number of carbonyl (C=O) groups excluding carboxylic acids is 2. The van der Waals surface area contributed by atoms with Gasteiger partial charge in [0.2, 0.25) is 5.91 Å². The Balaban J connectivity index is 1.78. The van der Waals surface area contributed by atoms with Crippen molar-refractivity contribution in [3.05, 3.63) is 46.3 Å². The number of ether oxygens (including phenoxy) is 1. The van der Waals surface area contributed by atoms with Gasteiger partial charge in [-0.05, 0) is 50.3 Å². The summed E-state index contributed by atoms with van der Waals surface area (Å²) >= 11 is 3.02. The molecular weight excluding hydrogens is 354 g/mol. The largest absolute Gasteiger partial charge is 0.465 e. The number of rotatable bonds is 5. The van der Waals surface area contributed by atoms with Crippen molar-refractivity contribution < 1.29 is 14.3 Å². The summed E-state index contributed by atoms with van der Waals surface area (Å²) in [6.45, 7) is 1.87. The van der Waals surface area contributed by atoms with Gasteiger partial charge in [0.25, 0.3) is 0 Å². The van der Waals surface area contributed by atoms with Crippen LogP contribution < -0.4 is 5.32 Å². The van der Waals surface area contributed by atoms with E-state index in [0.29, 0.717) is 10.6 Å². The molecule has 0 aliphatic heterocycles. The van der Waals surface area contributed by atoms with Crippen LogP contribution in [0.25, 0.3) is 0 Å². The van der Waals surface area contributed by atoms with Crippen LogP contribution >= 0.6 is 23.1 Å². The minimum atomic E-state index is -0.363. The molecule has 1 amide bonds. The first-order valence-corrected chi connectivity index (χ1v) is 10.0. The Morgan fingerprint density at radius 3 is 2.64 bits per heavy atom. The minimum absolute atomic E-state index is 0.0994. The molecule has 25 heavy (non-hydrogen) atoms. The van der Waals surface area contributed by atoms with Gasteiger partial charge >= 0.3 is 5.97 Å². The summed E-state index contributed by atoms with van der Waals surface area (Å²) in [7, 11) is 1.38. The summed E-state index contributed by atoms with van der Waals surface area (Å²) < 4.78 is 4.95. The lowest BCUT2D eigenvalue weighted by Gasteiger charge is -2.13. The molecule has 3 rings (SSSR count). The van der Waals surface area contributed by atoms with Crippen molar-refractivity contribution in [2.24, 2.45) is 0 Å². The summed E-state index contributed by atoms with van der Waals surface area (Å²) in [6, 6.07) is 9.83. The van der Waals surface area contributed by atoms with Gasteiger partial charge in [-0.15, -0.1) is 23.1 Å². The van der Waals surface area contributed by atoms with Crippen LogP contribution in [-0.4, -0.2) is 24.2 Å². The zero-order valence-corrected chi connectivity index (χ0v) is 16.0. The third-order valence-corrected chi connectivity index (χ3v) is 6.54. The van der Waals surface area contributed by atoms with Crippen LogP contribution in [0, 0.1) is 0 Å². The molecule has 1 aromatic heterocycles. The van der Waals surface area contributed by atoms with Crippen LogP contribution in [0.1, 0.15) is 40.6 Å². The van der Waals surface area contributed by atoms with E-state index in [-0.39, 0.29) is 17.1 Å². The van der Waals surface area contributed by atoms with Gasteiger partial charge < -0.3 is 10.1 Å². The number of hydrogen-bond acceptors (Lipinski definition) is 5. The van der Waals surface area contributed by atoms with Crippen LogP contribution in [0.3, 0.4) is 0 Å². The van der Waals surface area contributed by atoms with E-state index in [0.717, 1.165) is 36.1 Å². The second-order valence-corrected chi connectivity index (χ2v) is 8.49. The fraction of sp³-hybridized carbons (Fsp3) is 0.368. The summed E-state index contributed by atoms with van der Waals surface area (Å²) in [5.41, 5.74) is 1.61. The van der Waals surface area contributed by atoms with E-state index in [9.17, 15) is 9.59 Å². The predicted octanol–water partition coefficient (Wildman–Crippen LogP) is 4.53. The third kappa shape index (κ3) is 4.07. The fourth-order valence-electron chi connectivity index (χ4n) is 2.94. The quantitative estimate of drug-likeness (QED) is 0.616. The average molecular weight is 376 g/mol. The maximum atomic E-state index is 12.6. The van der Waals surface area contributed by atoms with Crippen LogP contribution in [0.4, 0.5) is 5.00 Å². The van der Waals surface area contributed by atoms with E-state index in [1.165, 1.54) is 35.1 Å². The lowest BCUT2D eigenvalue weighted by Crippen LogP contribution is -2.23. The van der Waals surface area contributed by atoms with Gasteiger partial charge in [-0.25, -0.2) is 4.79 Å². The van der Waals surface area contributed by atoms with Crippen LogP contribution in [-0.2, 0) is 22.4 Å². The van der Waals surface area contributed by atoms with Gasteiger partial charge in [0.05, 0.1) is 17.9 Å². The molecule has 0 saturated heterocycles. The molecule has 1 aromatic carbocycles. The second kappa shape index (κ2) is 8.06. The Kier molecular flexibility index (Phi) is 5.81. The monoisotopic (exact) mass is 375 g/mol. The fourth-order valence-corrected chi connectivity index (χ4v) is 5.11. The van der Waals surface area contributed by atoms with E-state index in [4.69, 9.17) is 4.74 Å². The third-order valence-electron chi connectivity index (χ3n) is 4.22. The van der Waals surface area contributed by atoms with E-state index in [1.807, 2.05) is 37.3 Å². The average Bonchev–Trinajstić information content (AvgIpc) is 2.99. The van der Waals surface area contributed by atoms with Gasteiger partial charge in [-0.2, -0.15) is 0 Å². The highest BCUT2D eigenvalue weighted by atomic mass is 32.2. The minimum Gasteiger partial charge on any atom is -0.465 e. The Morgan fingerprint density at radius 1 is 1.20 bits per heavy atom. The van der Waals surface area contributed by atoms with Crippen LogP contribution in [0.5, 0.6) is 0 Å². The van der Waals surface area contributed by atoms with Crippen molar-refractivity contribution in [1.29, 1.82) is 0 Å². The highest BCUT2D eigenvalue weighted by Gasteiger charge is 2.27. The molecule has 0 unspecified atom stereocenters. The molecule has 0 radical (unpaired) electrons. The Hall–Kier alpha value is -1.79. The molecule has 132 valence electrons. The molecular formula is C19H21NO3S2. The number of thioether (sulfide) groups is 1. The van der Waals surface area contributed by atoms with Gasteiger partial charge in [0, 0.05) is 9.77 Å².